The lowest BCUT2D eigenvalue weighted by atomic mass is 9.76. The van der Waals surface area contributed by atoms with Gasteiger partial charge in [-0.25, -0.2) is 14.4 Å². The highest BCUT2D eigenvalue weighted by molar-refractivity contribution is 6.40. The highest BCUT2D eigenvalue weighted by atomic mass is 16.5. The number of carboxylic acid groups (broad SMARTS) is 3. The Kier molecular flexibility index (Phi) is 51.3. The summed E-state index contributed by atoms with van der Waals surface area (Å²) in [6.07, 6.45) is 26.2. The van der Waals surface area contributed by atoms with Gasteiger partial charge in [0.2, 0.25) is 5.91 Å². The van der Waals surface area contributed by atoms with E-state index < -0.39 is 124 Å². The van der Waals surface area contributed by atoms with E-state index in [1.165, 1.54) is 61.7 Å². The molecule has 0 aromatic heterocycles. The van der Waals surface area contributed by atoms with E-state index in [1.54, 1.807) is 69.1 Å². The van der Waals surface area contributed by atoms with Crippen molar-refractivity contribution in [1.29, 1.82) is 0 Å². The zero-order valence-corrected chi connectivity index (χ0v) is 88.6. The second-order valence-electron chi connectivity index (χ2n) is 42.6. The minimum atomic E-state index is -1.36. The van der Waals surface area contributed by atoms with E-state index in [-0.39, 0.29) is 103 Å². The molecule has 9 rings (SSSR count). The third-order valence-corrected chi connectivity index (χ3v) is 31.8. The highest BCUT2D eigenvalue weighted by Crippen LogP contribution is 2.43. The van der Waals surface area contributed by atoms with Crippen LogP contribution in [0.4, 0.5) is 0 Å². The summed E-state index contributed by atoms with van der Waals surface area (Å²) in [5.41, 5.74) is 3.94. The zero-order valence-electron chi connectivity index (χ0n) is 88.6. The van der Waals surface area contributed by atoms with E-state index in [0.29, 0.717) is 143 Å². The molecule has 4 amide bonds. The molecule has 0 radical (unpaired) electrons. The number of aliphatic hydroxyl groups is 1. The highest BCUT2D eigenvalue weighted by Gasteiger charge is 2.55. The average molecular weight is 1980 g/mol. The van der Waals surface area contributed by atoms with Gasteiger partial charge in [0, 0.05) is 86.5 Å². The second-order valence-corrected chi connectivity index (χ2v) is 42.6. The van der Waals surface area contributed by atoms with Gasteiger partial charge in [-0.05, 0) is 305 Å². The molecule has 9 aliphatic rings. The quantitative estimate of drug-likeness (QED) is 0.0130. The summed E-state index contributed by atoms with van der Waals surface area (Å²) in [6.45, 7) is 40.2. The summed E-state index contributed by atoms with van der Waals surface area (Å²) in [5, 5.41) is 44.2. The summed E-state index contributed by atoms with van der Waals surface area (Å²) in [6, 6.07) is -4.54. The fraction of sp³-hybridized carbons (Fsp3) is 0.794. The Labute approximate surface area is 833 Å². The third kappa shape index (κ3) is 35.1. The van der Waals surface area contributed by atoms with Gasteiger partial charge in [0.25, 0.3) is 35.1 Å². The molecule has 0 aromatic rings. The number of nitrogens with zero attached hydrogens (tertiary/aromatic N) is 3. The molecule has 7 aliphatic heterocycles. The molecule has 7 heterocycles. The van der Waals surface area contributed by atoms with Gasteiger partial charge in [-0.15, -0.1) is 0 Å². The minimum Gasteiger partial charge on any atom is -0.480 e. The molecule has 33 nitrogen and oxygen atoms in total. The number of esters is 1. The van der Waals surface area contributed by atoms with Crippen LogP contribution in [0.1, 0.15) is 304 Å². The number of methoxy groups -OCH3 is 6. The zero-order chi connectivity index (χ0) is 105. The molecule has 140 heavy (non-hydrogen) atoms. The number of ketones is 6. The number of likely N-dealkylation sites (tertiary alicyclic amines) is 3. The van der Waals surface area contributed by atoms with Crippen LogP contribution in [0.25, 0.3) is 0 Å². The molecule has 8 N–H and O–H groups in total. The largest absolute Gasteiger partial charge is 0.480 e. The summed E-state index contributed by atoms with van der Waals surface area (Å²) < 4.78 is 50.7. The Bertz CT molecular complexity index is 4190. The number of piperidine rings is 4. The van der Waals surface area contributed by atoms with Gasteiger partial charge in [-0.1, -0.05) is 92.7 Å². The summed E-state index contributed by atoms with van der Waals surface area (Å²) in [4.78, 5) is 179. The Morgan fingerprint density at radius 1 is 0.486 bits per heavy atom. The van der Waals surface area contributed by atoms with Crippen molar-refractivity contribution in [3.8, 4) is 0 Å². The molecule has 2 saturated carbocycles. The van der Waals surface area contributed by atoms with Crippen LogP contribution in [0.15, 0.2) is 48.1 Å². The number of hydrogen-bond donors (Lipinski definition) is 7. The predicted octanol–water partition coefficient (Wildman–Crippen LogP) is 13.1. The van der Waals surface area contributed by atoms with Crippen LogP contribution in [0, 0.1) is 65.1 Å². The molecule has 796 valence electrons. The average Bonchev–Trinajstić information content (AvgIpc) is 0.773. The Morgan fingerprint density at radius 3 is 1.26 bits per heavy atom. The van der Waals surface area contributed by atoms with E-state index >= 15 is 0 Å². The summed E-state index contributed by atoms with van der Waals surface area (Å²) in [5.74, 6) is -6.36. The molecule has 0 aromatic carbocycles. The maximum atomic E-state index is 13.9. The number of nitrogens with one attached hydrogen (secondary N) is 2. The first-order chi connectivity index (χ1) is 65.8. The van der Waals surface area contributed by atoms with Crippen molar-refractivity contribution in [3.63, 3.8) is 0 Å². The number of carboxylic acids is 3. The SMILES string of the molecule is C=C(C)[C@H](C[C@@H]1CC[C@@H](C)[C@](C)(C(=O)C(=O)N2CCCC[C@H]2C(=O)N[C@@H](C(=O)O)[C@H](C)C[C@@H]2CC[C@@H](C)[C@H](CO)N2)O1)OC.C=C(C)[C@H](C[C@@H]1CC[C@@H](C)[C@](C)(C(=O)C(=O)N2CCCC[C@H]2C(=O)O)O1)OC.COC(=O)[C@@H]1CCCCN1C(=O)C(=O)[C@]1(C)O[C@H](C[C@H](OC)C(C)=O)CC[C@H]1C.CO[C@@H]1C[C@H](C[C@@H](C)/C=C/C(=O)/C(C)=C/C(C)=O)CC[C@H]1C.CO[C@@H]1C[C@H](C[C@@H](C)[C@H](N)C(=O)O)CC[C@H]1C. The number of aliphatic hydroxyl groups excluding tert-OH is 1. The summed E-state index contributed by atoms with van der Waals surface area (Å²) in [7, 11) is 9.53. The number of carbonyl (C=O) groups is 14. The van der Waals surface area contributed by atoms with Gasteiger partial charge in [-0.2, -0.15) is 0 Å². The van der Waals surface area contributed by atoms with Crippen molar-refractivity contribution in [2.75, 3.05) is 68.9 Å². The molecule has 29 atom stereocenters. The van der Waals surface area contributed by atoms with Crippen LogP contribution in [-0.4, -0.2) is 294 Å². The van der Waals surface area contributed by atoms with Crippen LogP contribution in [0.3, 0.4) is 0 Å². The van der Waals surface area contributed by atoms with Crippen LogP contribution < -0.4 is 16.4 Å². The topological polar surface area (TPSA) is 463 Å². The molecule has 0 spiro atoms. The number of ether oxygens (including phenoxy) is 9. The smallest absolute Gasteiger partial charge is 0.328 e. The van der Waals surface area contributed by atoms with E-state index in [1.807, 2.05) is 47.6 Å². The number of allylic oxidation sites excluding steroid dienone is 4. The van der Waals surface area contributed by atoms with Crippen molar-refractivity contribution >= 4 is 82.2 Å². The number of carbonyl (C=O) groups excluding carboxylic acids is 11. The summed E-state index contributed by atoms with van der Waals surface area (Å²) >= 11 is 0. The van der Waals surface area contributed by atoms with Crippen molar-refractivity contribution in [1.82, 2.24) is 25.3 Å². The molecule has 7 saturated heterocycles. The van der Waals surface area contributed by atoms with Crippen LogP contribution in [0.2, 0.25) is 0 Å². The lowest BCUT2D eigenvalue weighted by molar-refractivity contribution is -0.184. The van der Waals surface area contributed by atoms with Gasteiger partial charge in [-0.3, -0.25) is 52.7 Å². The van der Waals surface area contributed by atoms with Crippen LogP contribution in [-0.2, 0) is 110 Å². The standard InChI is InChI=1S/C33H55N3O8.C21H33NO7.C21H33NO6.C19H30O3.C13H25NO3/c1-19(2)27(43-7)17-24-14-12-22(5)33(6,44-24)29(38)31(40)36-15-9-8-10-26(36)30(39)35-28(32(41)42)21(4)16-23-13-11-20(3)25(18-37)34-23;1-13-9-10-15(12-17(27-4)14(2)23)29-21(13,3)18(24)19(25)22-11-7-6-8-16(22)20(26)28-5;1-13(2)17(27-5)12-15-10-9-14(3)21(4,28-15)18(23)19(24)22-11-7-6-8-16(22)20(25)26;1-13(6-9-18(21)15(3)11-16(4)20)10-17-8-7-14(2)19(12-17)22-5;1-8-4-5-10(7-11(8)17-3)6-9(2)12(14)13(15)16/h20-28,34,37H,1,8-18H2,2-7H3,(H,35,39)(H,41,42);13,15-17H,6-12H2,1-5H3;14-17H,1,6-12H2,2-5H3,(H,25,26);6,9,11,13-14,17,19H,7-8,10,12H2,1-5H3;8-12H,4-7,14H2,1-3H3,(H,15,16)/b;;;9-6+,15-11+;/t20-,21-,22-,23+,24+,25+,26+,27+,28-,33-;13-,15+,16+,17+,21-;14-,15+,16+,17+,21-;13-,14+,17-,19+;8-,9-,10+,11-,12+/m11101/s1. The first kappa shape index (κ1) is 123. The van der Waals surface area contributed by atoms with E-state index in [2.05, 4.69) is 51.5 Å². The van der Waals surface area contributed by atoms with Crippen molar-refractivity contribution in [3.05, 3.63) is 48.1 Å². The normalized spacial score (nSPS) is 31.6. The molecular weight excluding hydrogens is 1800 g/mol. The minimum absolute atomic E-state index is 0.0150. The molecule has 0 unspecified atom stereocenters. The van der Waals surface area contributed by atoms with Gasteiger partial charge in [0.1, 0.15) is 53.1 Å². The number of Topliss-reactive ketones (excluding diaryl/α,β-unsaturated/α-hetero) is 4. The number of nitrogens with two attached hydrogens (primary N) is 1. The molecule has 33 heteroatoms. The second kappa shape index (κ2) is 58.4. The number of aliphatic carboxylic acids is 3. The van der Waals surface area contributed by atoms with Crippen molar-refractivity contribution < 1.29 is 130 Å². The Balaban J connectivity index is 0.000000320. The monoisotopic (exact) mass is 1980 g/mol. The maximum absolute atomic E-state index is 13.9. The number of amides is 4. The molecule has 9 fully saturated rings. The van der Waals surface area contributed by atoms with E-state index in [4.69, 9.17) is 53.5 Å². The van der Waals surface area contributed by atoms with Crippen LogP contribution >= 0.6 is 0 Å². The fourth-order valence-electron chi connectivity index (χ4n) is 21.6. The molecule has 2 aliphatic carbocycles. The van der Waals surface area contributed by atoms with Gasteiger partial charge >= 0.3 is 23.9 Å². The number of rotatable bonds is 39. The lowest BCUT2D eigenvalue weighted by Gasteiger charge is -2.44. The first-order valence-corrected chi connectivity index (χ1v) is 51.4. The maximum Gasteiger partial charge on any atom is 0.328 e. The van der Waals surface area contributed by atoms with Crippen molar-refractivity contribution in [2.45, 2.75) is 412 Å². The van der Waals surface area contributed by atoms with Gasteiger partial charge in [0.05, 0.1) is 56.4 Å². The van der Waals surface area contributed by atoms with E-state index in [9.17, 15) is 82.4 Å². The van der Waals surface area contributed by atoms with Crippen molar-refractivity contribution in [2.24, 2.45) is 70.8 Å². The first-order valence-electron chi connectivity index (χ1n) is 51.4. The molecular formula is C107H176N6O27. The Hall–Kier alpha value is -7.70. The molecule has 0 bridgehead atoms. The third-order valence-electron chi connectivity index (χ3n) is 31.8. The van der Waals surface area contributed by atoms with Crippen LogP contribution in [0.5, 0.6) is 0 Å². The number of hydrogen-bond acceptors (Lipinski definition) is 26. The fourth-order valence-corrected chi connectivity index (χ4v) is 21.6. The predicted molar refractivity (Wildman–Crippen MR) is 530 cm³/mol. The van der Waals surface area contributed by atoms with Gasteiger partial charge < -0.3 is 94.1 Å². The van der Waals surface area contributed by atoms with Gasteiger partial charge in [0.15, 0.2) is 17.3 Å². The lowest BCUT2D eigenvalue weighted by Crippen LogP contribution is -2.61. The Morgan fingerprint density at radius 2 is 0.886 bits per heavy atom. The van der Waals surface area contributed by atoms with E-state index in [0.717, 1.165) is 101 Å².